The van der Waals surface area contributed by atoms with E-state index in [9.17, 15) is 4.79 Å². The Morgan fingerprint density at radius 2 is 2.32 bits per heavy atom. The number of hydrogen-bond acceptors (Lipinski definition) is 5. The van der Waals surface area contributed by atoms with E-state index in [2.05, 4.69) is 11.8 Å². The van der Waals surface area contributed by atoms with Gasteiger partial charge in [0.2, 0.25) is 0 Å². The van der Waals surface area contributed by atoms with E-state index in [1.807, 2.05) is 17.8 Å². The van der Waals surface area contributed by atoms with Crippen LogP contribution in [0.1, 0.15) is 23.0 Å². The molecule has 2 heterocycles. The van der Waals surface area contributed by atoms with Gasteiger partial charge in [-0.25, -0.2) is 0 Å². The van der Waals surface area contributed by atoms with E-state index in [0.29, 0.717) is 15.8 Å². The minimum atomic E-state index is -0.00724. The summed E-state index contributed by atoms with van der Waals surface area (Å²) in [4.78, 5) is 16.6. The van der Waals surface area contributed by atoms with Crippen molar-refractivity contribution in [2.75, 3.05) is 43.6 Å². The standard InChI is InChI=1S/C13H21N3OS2/c1-4-9-8-16(5-6-18-9)11-7-10(14)12(19-11)13(17)15(2)3/h7,9H,4-6,8,14H2,1-3H3. The van der Waals surface area contributed by atoms with E-state index in [-0.39, 0.29) is 5.91 Å². The number of anilines is 2. The van der Waals surface area contributed by atoms with Gasteiger partial charge in [0.15, 0.2) is 0 Å². The molecule has 1 aliphatic heterocycles. The van der Waals surface area contributed by atoms with Crippen molar-refractivity contribution in [2.24, 2.45) is 0 Å². The summed E-state index contributed by atoms with van der Waals surface area (Å²) >= 11 is 3.56. The summed E-state index contributed by atoms with van der Waals surface area (Å²) in [6.07, 6.45) is 1.19. The fourth-order valence-electron chi connectivity index (χ4n) is 2.08. The number of carbonyl (C=O) groups is 1. The first-order valence-corrected chi connectivity index (χ1v) is 8.37. The van der Waals surface area contributed by atoms with Crippen LogP contribution in [0.25, 0.3) is 0 Å². The highest BCUT2D eigenvalue weighted by atomic mass is 32.2. The van der Waals surface area contributed by atoms with Crippen LogP contribution in [0.2, 0.25) is 0 Å². The maximum absolute atomic E-state index is 12.0. The third kappa shape index (κ3) is 3.17. The molecule has 4 nitrogen and oxygen atoms in total. The van der Waals surface area contributed by atoms with Gasteiger partial charge in [0.05, 0.1) is 10.7 Å². The number of amides is 1. The average molecular weight is 299 g/mol. The van der Waals surface area contributed by atoms with Crippen molar-refractivity contribution < 1.29 is 4.79 Å². The monoisotopic (exact) mass is 299 g/mol. The van der Waals surface area contributed by atoms with Gasteiger partial charge in [-0.15, -0.1) is 11.3 Å². The van der Waals surface area contributed by atoms with Gasteiger partial charge in [0.1, 0.15) is 4.88 Å². The number of thiophene rings is 1. The lowest BCUT2D eigenvalue weighted by Gasteiger charge is -2.32. The minimum absolute atomic E-state index is 0.00724. The van der Waals surface area contributed by atoms with Crippen molar-refractivity contribution >= 4 is 39.7 Å². The fourth-order valence-corrected chi connectivity index (χ4v) is 4.40. The molecule has 1 fully saturated rings. The number of thioether (sulfide) groups is 1. The van der Waals surface area contributed by atoms with E-state index in [1.165, 1.54) is 17.8 Å². The van der Waals surface area contributed by atoms with Crippen LogP contribution in [0.3, 0.4) is 0 Å². The summed E-state index contributed by atoms with van der Waals surface area (Å²) in [5.74, 6) is 1.14. The number of carbonyl (C=O) groups excluding carboxylic acids is 1. The molecule has 1 aliphatic rings. The summed E-state index contributed by atoms with van der Waals surface area (Å²) in [5, 5.41) is 1.81. The quantitative estimate of drug-likeness (QED) is 0.931. The Labute approximate surface area is 122 Å². The normalized spacial score (nSPS) is 19.5. The van der Waals surface area contributed by atoms with Crippen molar-refractivity contribution in [1.29, 1.82) is 0 Å². The number of rotatable bonds is 3. The molecule has 1 aromatic heterocycles. The molecule has 1 saturated heterocycles. The van der Waals surface area contributed by atoms with Gasteiger partial charge in [-0.3, -0.25) is 4.79 Å². The molecule has 1 aromatic rings. The Morgan fingerprint density at radius 1 is 1.58 bits per heavy atom. The van der Waals surface area contributed by atoms with Crippen molar-refractivity contribution in [2.45, 2.75) is 18.6 Å². The average Bonchev–Trinajstić information content (AvgIpc) is 2.80. The smallest absolute Gasteiger partial charge is 0.265 e. The first-order valence-electron chi connectivity index (χ1n) is 6.50. The van der Waals surface area contributed by atoms with Crippen LogP contribution >= 0.6 is 23.1 Å². The van der Waals surface area contributed by atoms with Crippen LogP contribution in [0, 0.1) is 0 Å². The van der Waals surface area contributed by atoms with Crippen LogP contribution in [0.4, 0.5) is 10.7 Å². The highest BCUT2D eigenvalue weighted by molar-refractivity contribution is 8.00. The van der Waals surface area contributed by atoms with E-state index < -0.39 is 0 Å². The molecule has 6 heteroatoms. The number of nitrogens with two attached hydrogens (primary N) is 1. The molecule has 0 radical (unpaired) electrons. The molecule has 1 unspecified atom stereocenters. The first-order chi connectivity index (χ1) is 9.02. The van der Waals surface area contributed by atoms with Crippen LogP contribution in [-0.2, 0) is 0 Å². The van der Waals surface area contributed by atoms with Crippen molar-refractivity contribution in [1.82, 2.24) is 4.90 Å². The summed E-state index contributed by atoms with van der Waals surface area (Å²) < 4.78 is 0. The predicted molar refractivity (Wildman–Crippen MR) is 85.5 cm³/mol. The van der Waals surface area contributed by atoms with Crippen LogP contribution in [-0.4, -0.2) is 49.0 Å². The molecule has 1 atom stereocenters. The van der Waals surface area contributed by atoms with Crippen molar-refractivity contribution in [3.63, 3.8) is 0 Å². The summed E-state index contributed by atoms with van der Waals surface area (Å²) in [6, 6.07) is 1.95. The third-order valence-corrected chi connectivity index (χ3v) is 5.83. The van der Waals surface area contributed by atoms with E-state index >= 15 is 0 Å². The first kappa shape index (κ1) is 14.5. The zero-order chi connectivity index (χ0) is 14.0. The van der Waals surface area contributed by atoms with Crippen LogP contribution in [0.5, 0.6) is 0 Å². The van der Waals surface area contributed by atoms with Crippen molar-refractivity contribution in [3.8, 4) is 0 Å². The van der Waals surface area contributed by atoms with E-state index in [0.717, 1.165) is 23.8 Å². The molecule has 2 rings (SSSR count). The number of hydrogen-bond donors (Lipinski definition) is 1. The Bertz CT molecular complexity index is 459. The zero-order valence-electron chi connectivity index (χ0n) is 11.7. The molecular weight excluding hydrogens is 278 g/mol. The van der Waals surface area contributed by atoms with Gasteiger partial charge in [0, 0.05) is 38.2 Å². The minimum Gasteiger partial charge on any atom is -0.397 e. The molecule has 0 aliphatic carbocycles. The molecule has 0 saturated carbocycles. The predicted octanol–water partition coefficient (Wildman–Crippen LogP) is 2.36. The molecule has 1 amide bonds. The lowest BCUT2D eigenvalue weighted by Crippen LogP contribution is -2.37. The Morgan fingerprint density at radius 3 is 2.95 bits per heavy atom. The maximum Gasteiger partial charge on any atom is 0.265 e. The summed E-state index contributed by atoms with van der Waals surface area (Å²) in [5.41, 5.74) is 6.59. The Balaban J connectivity index is 2.17. The van der Waals surface area contributed by atoms with E-state index in [4.69, 9.17) is 5.73 Å². The van der Waals surface area contributed by atoms with Gasteiger partial charge in [-0.05, 0) is 12.5 Å². The molecule has 0 bridgehead atoms. The second-order valence-corrected chi connectivity index (χ2v) is 7.35. The van der Waals surface area contributed by atoms with Gasteiger partial charge in [0.25, 0.3) is 5.91 Å². The lowest BCUT2D eigenvalue weighted by atomic mass is 10.3. The zero-order valence-corrected chi connectivity index (χ0v) is 13.3. The Hall–Kier alpha value is -0.880. The fraction of sp³-hybridized carbons (Fsp3) is 0.615. The SMILES string of the molecule is CCC1CN(c2cc(N)c(C(=O)N(C)C)s2)CCS1. The van der Waals surface area contributed by atoms with Gasteiger partial charge < -0.3 is 15.5 Å². The van der Waals surface area contributed by atoms with Crippen LogP contribution < -0.4 is 10.6 Å². The second-order valence-electron chi connectivity index (χ2n) is 4.92. The molecule has 0 spiro atoms. The topological polar surface area (TPSA) is 49.6 Å². The van der Waals surface area contributed by atoms with E-state index in [1.54, 1.807) is 19.0 Å². The molecule has 106 valence electrons. The largest absolute Gasteiger partial charge is 0.397 e. The molecule has 19 heavy (non-hydrogen) atoms. The number of nitrogen functional groups attached to an aromatic ring is 1. The second kappa shape index (κ2) is 6.05. The molecule has 0 aromatic carbocycles. The molecular formula is C13H21N3OS2. The molecule has 2 N–H and O–H groups in total. The number of nitrogens with zero attached hydrogens (tertiary/aromatic N) is 2. The highest BCUT2D eigenvalue weighted by Crippen LogP contribution is 2.35. The Kier molecular flexibility index (Phi) is 4.62. The van der Waals surface area contributed by atoms with Crippen molar-refractivity contribution in [3.05, 3.63) is 10.9 Å². The maximum atomic E-state index is 12.0. The third-order valence-electron chi connectivity index (χ3n) is 3.25. The van der Waals surface area contributed by atoms with Crippen LogP contribution in [0.15, 0.2) is 6.07 Å². The summed E-state index contributed by atoms with van der Waals surface area (Å²) in [6.45, 7) is 4.32. The van der Waals surface area contributed by atoms with Gasteiger partial charge in [-0.2, -0.15) is 11.8 Å². The van der Waals surface area contributed by atoms with Gasteiger partial charge in [-0.1, -0.05) is 6.92 Å². The van der Waals surface area contributed by atoms with Gasteiger partial charge >= 0.3 is 0 Å². The summed E-state index contributed by atoms with van der Waals surface area (Å²) in [7, 11) is 3.51. The lowest BCUT2D eigenvalue weighted by molar-refractivity contribution is 0.0833. The highest BCUT2D eigenvalue weighted by Gasteiger charge is 2.23.